The Morgan fingerprint density at radius 2 is 1.62 bits per heavy atom. The minimum atomic E-state index is 0.723. The van der Waals surface area contributed by atoms with E-state index in [1.165, 1.54) is 10.8 Å². The molecule has 0 saturated heterocycles. The number of hydrogen-bond acceptors (Lipinski definition) is 6. The van der Waals surface area contributed by atoms with Crippen molar-refractivity contribution in [2.75, 3.05) is 12.5 Å². The average molecular weight is 502 g/mol. The van der Waals surface area contributed by atoms with Crippen molar-refractivity contribution in [3.05, 3.63) is 115 Å². The second-order valence-corrected chi connectivity index (χ2v) is 9.43. The highest BCUT2D eigenvalue weighted by atomic mass is 32.1. The van der Waals surface area contributed by atoms with Crippen LogP contribution in [0.4, 0.5) is 5.13 Å². The molecule has 4 aromatic carbocycles. The van der Waals surface area contributed by atoms with Gasteiger partial charge < -0.3 is 4.74 Å². The zero-order chi connectivity index (χ0) is 25.0. The first-order valence-corrected chi connectivity index (χ1v) is 12.6. The van der Waals surface area contributed by atoms with Crippen molar-refractivity contribution in [1.29, 1.82) is 0 Å². The monoisotopic (exact) mass is 501 g/mol. The fraction of sp³-hybridized carbons (Fsp3) is 0.0333. The van der Waals surface area contributed by atoms with Crippen molar-refractivity contribution < 1.29 is 4.74 Å². The number of para-hydroxylation sites is 1. The Hall–Kier alpha value is -4.75. The van der Waals surface area contributed by atoms with E-state index < -0.39 is 0 Å². The van der Waals surface area contributed by atoms with E-state index in [4.69, 9.17) is 9.84 Å². The largest absolute Gasteiger partial charge is 0.497 e. The topological polar surface area (TPSA) is 64.3 Å². The molecule has 0 amide bonds. The normalized spacial score (nSPS) is 11.3. The third-order valence-electron chi connectivity index (χ3n) is 6.03. The SMILES string of the molecule is COc1ccc(-c2nn(-c3ccccc3)cc2/C=N/Nc2ncc(-c3ccc4ccccc4c3)s2)cc1. The molecule has 0 unspecified atom stereocenters. The summed E-state index contributed by atoms with van der Waals surface area (Å²) in [5.74, 6) is 0.800. The average Bonchev–Trinajstić information content (AvgIpc) is 3.61. The number of benzene rings is 4. The molecule has 7 heteroatoms. The maximum absolute atomic E-state index is 5.31. The van der Waals surface area contributed by atoms with Gasteiger partial charge in [-0.05, 0) is 58.8 Å². The number of anilines is 1. The van der Waals surface area contributed by atoms with Crippen LogP contribution in [0, 0.1) is 0 Å². The van der Waals surface area contributed by atoms with Crippen LogP contribution in [-0.2, 0) is 0 Å². The lowest BCUT2D eigenvalue weighted by Gasteiger charge is -2.02. The highest BCUT2D eigenvalue weighted by Gasteiger charge is 2.12. The molecule has 0 aliphatic heterocycles. The van der Waals surface area contributed by atoms with Crippen LogP contribution in [0.5, 0.6) is 5.75 Å². The molecule has 0 atom stereocenters. The molecule has 2 aromatic heterocycles. The Morgan fingerprint density at radius 1 is 0.865 bits per heavy atom. The van der Waals surface area contributed by atoms with E-state index in [0.29, 0.717) is 0 Å². The molecular formula is C30H23N5OS. The van der Waals surface area contributed by atoms with Crippen molar-refractivity contribution >= 4 is 33.5 Å². The zero-order valence-electron chi connectivity index (χ0n) is 20.1. The molecule has 0 fully saturated rings. The number of nitrogens with one attached hydrogen (secondary N) is 1. The summed E-state index contributed by atoms with van der Waals surface area (Å²) in [7, 11) is 1.66. The van der Waals surface area contributed by atoms with Crippen molar-refractivity contribution in [2.45, 2.75) is 0 Å². The number of hydrazone groups is 1. The van der Waals surface area contributed by atoms with E-state index >= 15 is 0 Å². The smallest absolute Gasteiger partial charge is 0.203 e. The number of thiazole rings is 1. The quantitative estimate of drug-likeness (QED) is 0.185. The second kappa shape index (κ2) is 10.1. The van der Waals surface area contributed by atoms with E-state index in [1.54, 1.807) is 24.7 Å². The van der Waals surface area contributed by atoms with Gasteiger partial charge in [0.15, 0.2) is 0 Å². The van der Waals surface area contributed by atoms with Crippen LogP contribution in [-0.4, -0.2) is 28.1 Å². The summed E-state index contributed by atoms with van der Waals surface area (Å²) < 4.78 is 7.17. The number of nitrogens with zero attached hydrogens (tertiary/aromatic N) is 4. The zero-order valence-corrected chi connectivity index (χ0v) is 20.9. The summed E-state index contributed by atoms with van der Waals surface area (Å²) in [5.41, 5.74) is 7.89. The molecule has 180 valence electrons. The predicted molar refractivity (Wildman–Crippen MR) is 152 cm³/mol. The Bertz CT molecular complexity index is 1690. The number of hydrogen-bond donors (Lipinski definition) is 1. The van der Waals surface area contributed by atoms with E-state index in [-0.39, 0.29) is 0 Å². The van der Waals surface area contributed by atoms with Crippen LogP contribution in [0.2, 0.25) is 0 Å². The fourth-order valence-corrected chi connectivity index (χ4v) is 4.89. The van der Waals surface area contributed by atoms with Crippen LogP contribution < -0.4 is 10.2 Å². The highest BCUT2D eigenvalue weighted by Crippen LogP contribution is 2.31. The molecule has 37 heavy (non-hydrogen) atoms. The standard InChI is InChI=1S/C30H23N5OS/c1-36-27-15-13-22(14-16-27)29-25(20-35(34-29)26-9-3-2-4-10-26)18-32-33-30-31-19-28(37-30)24-12-11-21-7-5-6-8-23(21)17-24/h2-20H,1H3,(H,31,33)/b32-18+. The molecule has 6 aromatic rings. The molecule has 0 radical (unpaired) electrons. The molecule has 6 nitrogen and oxygen atoms in total. The maximum atomic E-state index is 5.31. The van der Waals surface area contributed by atoms with Crippen LogP contribution in [0.1, 0.15) is 5.56 Å². The summed E-state index contributed by atoms with van der Waals surface area (Å²) in [6.07, 6.45) is 5.63. The van der Waals surface area contributed by atoms with Gasteiger partial charge in [-0.1, -0.05) is 65.9 Å². The molecule has 0 aliphatic carbocycles. The Balaban J connectivity index is 1.26. The molecule has 0 bridgehead atoms. The Kier molecular flexibility index (Phi) is 6.19. The van der Waals surface area contributed by atoms with Crippen LogP contribution in [0.25, 0.3) is 38.2 Å². The third kappa shape index (κ3) is 4.85. The van der Waals surface area contributed by atoms with Crippen molar-refractivity contribution in [3.8, 4) is 33.1 Å². The first-order valence-electron chi connectivity index (χ1n) is 11.8. The molecule has 0 spiro atoms. The molecule has 0 aliphatic rings. The Labute approximate surface area is 218 Å². The summed E-state index contributed by atoms with van der Waals surface area (Å²) in [5, 5.41) is 12.5. The number of rotatable bonds is 7. The number of aromatic nitrogens is 3. The van der Waals surface area contributed by atoms with E-state index in [9.17, 15) is 0 Å². The van der Waals surface area contributed by atoms with E-state index in [1.807, 2.05) is 71.7 Å². The van der Waals surface area contributed by atoms with Gasteiger partial charge in [-0.2, -0.15) is 10.2 Å². The van der Waals surface area contributed by atoms with E-state index in [2.05, 4.69) is 58.0 Å². The lowest BCUT2D eigenvalue weighted by atomic mass is 10.1. The molecule has 0 saturated carbocycles. The van der Waals surface area contributed by atoms with Gasteiger partial charge in [0.05, 0.1) is 23.9 Å². The van der Waals surface area contributed by atoms with Gasteiger partial charge in [-0.3, -0.25) is 5.43 Å². The highest BCUT2D eigenvalue weighted by molar-refractivity contribution is 7.18. The van der Waals surface area contributed by atoms with Gasteiger partial charge in [0.1, 0.15) is 11.4 Å². The summed E-state index contributed by atoms with van der Waals surface area (Å²) in [6, 6.07) is 32.7. The summed E-state index contributed by atoms with van der Waals surface area (Å²) in [4.78, 5) is 5.60. The van der Waals surface area contributed by atoms with Gasteiger partial charge in [0.25, 0.3) is 0 Å². The van der Waals surface area contributed by atoms with Gasteiger partial charge in [0, 0.05) is 23.5 Å². The van der Waals surface area contributed by atoms with Crippen molar-refractivity contribution in [2.24, 2.45) is 5.10 Å². The van der Waals surface area contributed by atoms with Gasteiger partial charge in [-0.15, -0.1) is 0 Å². The minimum absolute atomic E-state index is 0.723. The molecule has 1 N–H and O–H groups in total. The number of methoxy groups -OCH3 is 1. The predicted octanol–water partition coefficient (Wildman–Crippen LogP) is 7.27. The van der Waals surface area contributed by atoms with Gasteiger partial charge in [0.2, 0.25) is 5.13 Å². The first-order chi connectivity index (χ1) is 18.3. The maximum Gasteiger partial charge on any atom is 0.203 e. The minimum Gasteiger partial charge on any atom is -0.497 e. The van der Waals surface area contributed by atoms with Crippen molar-refractivity contribution in [3.63, 3.8) is 0 Å². The fourth-order valence-electron chi connectivity index (χ4n) is 4.13. The van der Waals surface area contributed by atoms with Crippen LogP contribution >= 0.6 is 11.3 Å². The molecule has 2 heterocycles. The first kappa shape index (κ1) is 22.7. The lowest BCUT2D eigenvalue weighted by Crippen LogP contribution is -1.94. The molecular weight excluding hydrogens is 478 g/mol. The van der Waals surface area contributed by atoms with Crippen LogP contribution in [0.3, 0.4) is 0 Å². The number of fused-ring (bicyclic) bond motifs is 1. The summed E-state index contributed by atoms with van der Waals surface area (Å²) >= 11 is 1.57. The van der Waals surface area contributed by atoms with E-state index in [0.717, 1.165) is 43.8 Å². The second-order valence-electron chi connectivity index (χ2n) is 8.40. The van der Waals surface area contributed by atoms with Crippen LogP contribution in [0.15, 0.2) is 115 Å². The summed E-state index contributed by atoms with van der Waals surface area (Å²) in [6.45, 7) is 0. The number of ether oxygens (including phenoxy) is 1. The molecule has 6 rings (SSSR count). The third-order valence-corrected chi connectivity index (χ3v) is 6.98. The Morgan fingerprint density at radius 3 is 2.43 bits per heavy atom. The van der Waals surface area contributed by atoms with Crippen molar-refractivity contribution in [1.82, 2.24) is 14.8 Å². The van der Waals surface area contributed by atoms with Gasteiger partial charge >= 0.3 is 0 Å². The van der Waals surface area contributed by atoms with Gasteiger partial charge in [-0.25, -0.2) is 9.67 Å². The lowest BCUT2D eigenvalue weighted by molar-refractivity contribution is 0.415.